The lowest BCUT2D eigenvalue weighted by Gasteiger charge is -2.43. The molecular formula is C30H35ClN2O8. The van der Waals surface area contributed by atoms with Crippen molar-refractivity contribution in [1.82, 2.24) is 5.06 Å². The molecule has 2 aromatic carbocycles. The lowest BCUT2D eigenvalue weighted by atomic mass is 9.61. The first-order chi connectivity index (χ1) is 19.6. The van der Waals surface area contributed by atoms with Gasteiger partial charge in [0.05, 0.1) is 54.1 Å². The van der Waals surface area contributed by atoms with E-state index < -0.39 is 47.0 Å². The molecule has 2 fully saturated rings. The van der Waals surface area contributed by atoms with Crippen molar-refractivity contribution in [3.05, 3.63) is 64.7 Å². The maximum atomic E-state index is 13.1. The van der Waals surface area contributed by atoms with E-state index in [0.717, 1.165) is 0 Å². The molecule has 1 aliphatic heterocycles. The molecule has 0 aromatic heterocycles. The second-order valence-corrected chi connectivity index (χ2v) is 10.8. The first-order valence-electron chi connectivity index (χ1n) is 13.7. The Balaban J connectivity index is 1.56. The average Bonchev–Trinajstić information content (AvgIpc) is 2.93. The van der Waals surface area contributed by atoms with Crippen molar-refractivity contribution >= 4 is 41.0 Å². The molecular weight excluding hydrogens is 552 g/mol. The van der Waals surface area contributed by atoms with E-state index >= 15 is 0 Å². The van der Waals surface area contributed by atoms with Crippen molar-refractivity contribution in [3.63, 3.8) is 0 Å². The van der Waals surface area contributed by atoms with Crippen LogP contribution in [0, 0.1) is 11.8 Å². The highest BCUT2D eigenvalue weighted by Crippen LogP contribution is 2.47. The summed E-state index contributed by atoms with van der Waals surface area (Å²) in [6.07, 6.45) is -0.387. The van der Waals surface area contributed by atoms with Gasteiger partial charge in [0, 0.05) is 25.4 Å². The Hall–Kier alpha value is -3.47. The minimum absolute atomic E-state index is 0.0577. The van der Waals surface area contributed by atoms with Crippen molar-refractivity contribution in [2.45, 2.75) is 38.7 Å². The molecule has 4 rings (SSSR count). The Bertz CT molecular complexity index is 1280. The van der Waals surface area contributed by atoms with E-state index in [-0.39, 0.29) is 19.6 Å². The van der Waals surface area contributed by atoms with Crippen LogP contribution in [0.1, 0.15) is 49.0 Å². The summed E-state index contributed by atoms with van der Waals surface area (Å²) in [5, 5.41) is 13.2. The number of aliphatic hydroxyl groups is 1. The Morgan fingerprint density at radius 1 is 0.976 bits per heavy atom. The number of piperazine rings is 1. The molecule has 4 unspecified atom stereocenters. The summed E-state index contributed by atoms with van der Waals surface area (Å²) < 4.78 is 10.5. The zero-order valence-electron chi connectivity index (χ0n) is 23.4. The van der Waals surface area contributed by atoms with Gasteiger partial charge in [-0.15, -0.1) is 5.06 Å². The van der Waals surface area contributed by atoms with Gasteiger partial charge in [-0.3, -0.25) is 14.4 Å². The number of benzene rings is 2. The van der Waals surface area contributed by atoms with Gasteiger partial charge in [-0.2, -0.15) is 0 Å². The molecule has 1 heterocycles. The van der Waals surface area contributed by atoms with Gasteiger partial charge < -0.3 is 24.3 Å². The van der Waals surface area contributed by atoms with Crippen LogP contribution in [0.2, 0.25) is 5.02 Å². The lowest BCUT2D eigenvalue weighted by molar-refractivity contribution is -0.172. The molecule has 4 atom stereocenters. The normalized spacial score (nSPS) is 25.0. The summed E-state index contributed by atoms with van der Waals surface area (Å²) in [6, 6.07) is 13.9. The Kier molecular flexibility index (Phi) is 9.68. The Morgan fingerprint density at radius 3 is 2.22 bits per heavy atom. The van der Waals surface area contributed by atoms with Crippen LogP contribution in [0.5, 0.6) is 0 Å². The number of esters is 2. The predicted octanol–water partition coefficient (Wildman–Crippen LogP) is 3.40. The second-order valence-electron chi connectivity index (χ2n) is 10.4. The molecule has 0 bridgehead atoms. The van der Waals surface area contributed by atoms with E-state index in [1.165, 1.54) is 6.92 Å². The minimum atomic E-state index is -1.74. The zero-order chi connectivity index (χ0) is 29.7. The van der Waals surface area contributed by atoms with Crippen LogP contribution in [-0.4, -0.2) is 78.9 Å². The third-order valence-electron chi connectivity index (χ3n) is 7.51. The summed E-state index contributed by atoms with van der Waals surface area (Å²) in [5.41, 5.74) is -0.122. The zero-order valence-corrected chi connectivity index (χ0v) is 24.1. The van der Waals surface area contributed by atoms with E-state index in [1.807, 2.05) is 11.0 Å². The number of nitrogens with zero attached hydrogens (tertiary/aromatic N) is 2. The van der Waals surface area contributed by atoms with Crippen molar-refractivity contribution in [2.75, 3.05) is 44.3 Å². The number of ether oxygens (including phenoxy) is 2. The molecule has 1 N–H and O–H groups in total. The fraction of sp³-hybridized carbons (Fsp3) is 0.467. The third kappa shape index (κ3) is 6.72. The SMILES string of the molecule is CCOC(=O)C1C(=O)CC(C)(O)C(C(=O)OCC)C1c1ccc(N2CCN(OC(=O)c3ccccc3)CC2)c(Cl)c1. The predicted molar refractivity (Wildman–Crippen MR) is 150 cm³/mol. The number of hydroxylamine groups is 2. The van der Waals surface area contributed by atoms with Crippen molar-refractivity contribution in [2.24, 2.45) is 11.8 Å². The van der Waals surface area contributed by atoms with Crippen LogP contribution in [0.4, 0.5) is 5.69 Å². The molecule has 1 saturated heterocycles. The second kappa shape index (κ2) is 13.0. The van der Waals surface area contributed by atoms with Crippen LogP contribution in [-0.2, 0) is 28.7 Å². The van der Waals surface area contributed by atoms with E-state index in [4.69, 9.17) is 25.9 Å². The molecule has 0 amide bonds. The summed E-state index contributed by atoms with van der Waals surface area (Å²) in [7, 11) is 0. The number of rotatable bonds is 8. The molecule has 1 saturated carbocycles. The number of carbonyl (C=O) groups excluding carboxylic acids is 4. The molecule has 0 spiro atoms. The number of hydrogen-bond donors (Lipinski definition) is 1. The van der Waals surface area contributed by atoms with Gasteiger partial charge >= 0.3 is 17.9 Å². The fourth-order valence-corrected chi connectivity index (χ4v) is 5.94. The molecule has 41 heavy (non-hydrogen) atoms. The van der Waals surface area contributed by atoms with Gasteiger partial charge in [-0.1, -0.05) is 35.9 Å². The number of carbonyl (C=O) groups is 4. The molecule has 220 valence electrons. The summed E-state index contributed by atoms with van der Waals surface area (Å²) in [4.78, 5) is 59.2. The first-order valence-corrected chi connectivity index (χ1v) is 14.1. The van der Waals surface area contributed by atoms with Crippen LogP contribution in [0.15, 0.2) is 48.5 Å². The molecule has 11 heteroatoms. The summed E-state index contributed by atoms with van der Waals surface area (Å²) in [5.74, 6) is -5.93. The molecule has 2 aromatic rings. The van der Waals surface area contributed by atoms with Gasteiger partial charge in [0.15, 0.2) is 5.78 Å². The molecule has 1 aliphatic carbocycles. The average molecular weight is 587 g/mol. The van der Waals surface area contributed by atoms with Gasteiger partial charge in [0.2, 0.25) is 0 Å². The summed E-state index contributed by atoms with van der Waals surface area (Å²) >= 11 is 6.75. The number of halogens is 1. The first kappa shape index (κ1) is 30.5. The largest absolute Gasteiger partial charge is 0.466 e. The van der Waals surface area contributed by atoms with Crippen LogP contribution in [0.25, 0.3) is 0 Å². The molecule has 2 aliphatic rings. The number of Topliss-reactive ketones (excluding diaryl/α,β-unsaturated/α-hetero) is 1. The number of hydrogen-bond acceptors (Lipinski definition) is 10. The summed E-state index contributed by atoms with van der Waals surface area (Å²) in [6.45, 7) is 6.76. The van der Waals surface area contributed by atoms with Gasteiger partial charge in [-0.05, 0) is 50.6 Å². The van der Waals surface area contributed by atoms with E-state index in [9.17, 15) is 24.3 Å². The van der Waals surface area contributed by atoms with Crippen LogP contribution in [0.3, 0.4) is 0 Å². The van der Waals surface area contributed by atoms with Crippen molar-refractivity contribution in [1.29, 1.82) is 0 Å². The number of anilines is 1. The molecule has 10 nitrogen and oxygen atoms in total. The van der Waals surface area contributed by atoms with E-state index in [0.29, 0.717) is 48.0 Å². The fourth-order valence-electron chi connectivity index (χ4n) is 5.63. The third-order valence-corrected chi connectivity index (χ3v) is 7.81. The van der Waals surface area contributed by atoms with Gasteiger partial charge in [0.1, 0.15) is 5.92 Å². The Morgan fingerprint density at radius 2 is 1.61 bits per heavy atom. The quantitative estimate of drug-likeness (QED) is 0.364. The Labute approximate surface area is 244 Å². The highest BCUT2D eigenvalue weighted by molar-refractivity contribution is 6.33. The van der Waals surface area contributed by atoms with Crippen molar-refractivity contribution in [3.8, 4) is 0 Å². The number of ketones is 1. The smallest absolute Gasteiger partial charge is 0.357 e. The van der Waals surface area contributed by atoms with E-state index in [2.05, 4.69) is 0 Å². The molecule has 0 radical (unpaired) electrons. The van der Waals surface area contributed by atoms with E-state index in [1.54, 1.807) is 61.4 Å². The van der Waals surface area contributed by atoms with Crippen LogP contribution < -0.4 is 4.90 Å². The lowest BCUT2D eigenvalue weighted by Crippen LogP contribution is -2.55. The minimum Gasteiger partial charge on any atom is -0.466 e. The highest BCUT2D eigenvalue weighted by Gasteiger charge is 2.57. The standard InChI is InChI=1S/C30H35ClN2O8/c1-4-39-28(36)25-23(34)18-30(3,38)26(29(37)40-5-2)24(25)20-11-12-22(21(31)17-20)32-13-15-33(16-14-32)41-27(35)19-9-7-6-8-10-19/h6-12,17,24-26,38H,4-5,13-16,18H2,1-3H3. The van der Waals surface area contributed by atoms with Gasteiger partial charge in [-0.25, -0.2) is 4.79 Å². The van der Waals surface area contributed by atoms with Crippen LogP contribution >= 0.6 is 11.6 Å². The van der Waals surface area contributed by atoms with Gasteiger partial charge in [0.25, 0.3) is 0 Å². The maximum absolute atomic E-state index is 13.1. The highest BCUT2D eigenvalue weighted by atomic mass is 35.5. The maximum Gasteiger partial charge on any atom is 0.357 e. The topological polar surface area (TPSA) is 123 Å². The van der Waals surface area contributed by atoms with Crippen molar-refractivity contribution < 1.29 is 38.6 Å². The monoisotopic (exact) mass is 586 g/mol.